The van der Waals surface area contributed by atoms with E-state index in [2.05, 4.69) is 66.8 Å². The van der Waals surface area contributed by atoms with Gasteiger partial charge in [-0.1, -0.05) is 66.8 Å². The SMILES string of the molecule is C1=Cc2cccc3c2C(=CC1)C1C=CCc2cccc-3c21. The zero-order valence-corrected chi connectivity index (χ0v) is 11.8. The number of hydrogen-bond acceptors (Lipinski definition) is 0. The third kappa shape index (κ3) is 1.45. The molecule has 0 radical (unpaired) electrons. The van der Waals surface area contributed by atoms with Crippen LogP contribution in [0.5, 0.6) is 0 Å². The quantitative estimate of drug-likeness (QED) is 0.564. The Morgan fingerprint density at radius 1 is 0.905 bits per heavy atom. The van der Waals surface area contributed by atoms with Crippen LogP contribution in [-0.4, -0.2) is 0 Å². The van der Waals surface area contributed by atoms with Crippen molar-refractivity contribution in [2.75, 3.05) is 0 Å². The van der Waals surface area contributed by atoms with Gasteiger partial charge in [0.1, 0.15) is 0 Å². The molecule has 0 heterocycles. The molecule has 100 valence electrons. The van der Waals surface area contributed by atoms with Gasteiger partial charge in [0, 0.05) is 5.92 Å². The van der Waals surface area contributed by atoms with E-state index < -0.39 is 0 Å². The first-order valence-electron chi connectivity index (χ1n) is 7.72. The van der Waals surface area contributed by atoms with Gasteiger partial charge in [-0.2, -0.15) is 0 Å². The van der Waals surface area contributed by atoms with Gasteiger partial charge in [0.05, 0.1) is 0 Å². The minimum atomic E-state index is 0.443. The van der Waals surface area contributed by atoms with Crippen molar-refractivity contribution in [1.29, 1.82) is 0 Å². The average Bonchev–Trinajstić information content (AvgIpc) is 2.76. The summed E-state index contributed by atoms with van der Waals surface area (Å²) in [7, 11) is 0. The summed E-state index contributed by atoms with van der Waals surface area (Å²) in [6.07, 6.45) is 13.8. The summed E-state index contributed by atoms with van der Waals surface area (Å²) in [5.74, 6) is 0.443. The lowest BCUT2D eigenvalue weighted by atomic mass is 9.70. The highest BCUT2D eigenvalue weighted by molar-refractivity contribution is 5.96. The lowest BCUT2D eigenvalue weighted by Crippen LogP contribution is -2.14. The summed E-state index contributed by atoms with van der Waals surface area (Å²) in [5.41, 5.74) is 10.2. The molecule has 1 atom stereocenters. The maximum atomic E-state index is 2.42. The third-order valence-electron chi connectivity index (χ3n) is 4.96. The van der Waals surface area contributed by atoms with Gasteiger partial charge >= 0.3 is 0 Å². The van der Waals surface area contributed by atoms with Crippen LogP contribution in [0.15, 0.2) is 60.7 Å². The number of hydrogen-bond donors (Lipinski definition) is 0. The second-order valence-electron chi connectivity index (χ2n) is 6.06. The van der Waals surface area contributed by atoms with Crippen LogP contribution in [0.25, 0.3) is 22.8 Å². The largest absolute Gasteiger partial charge is 0.0832 e. The van der Waals surface area contributed by atoms with Gasteiger partial charge in [0.15, 0.2) is 0 Å². The topological polar surface area (TPSA) is 0 Å². The fourth-order valence-corrected chi connectivity index (χ4v) is 4.11. The molecule has 5 rings (SSSR count). The predicted molar refractivity (Wildman–Crippen MR) is 89.1 cm³/mol. The number of benzene rings is 2. The van der Waals surface area contributed by atoms with Crippen LogP contribution in [-0.2, 0) is 6.42 Å². The number of allylic oxidation sites excluding steroid dienone is 5. The first-order chi connectivity index (χ1) is 10.4. The fourth-order valence-electron chi connectivity index (χ4n) is 4.11. The third-order valence-corrected chi connectivity index (χ3v) is 4.96. The van der Waals surface area contributed by atoms with Crippen molar-refractivity contribution in [2.24, 2.45) is 0 Å². The summed E-state index contributed by atoms with van der Waals surface area (Å²) in [6, 6.07) is 13.5. The minimum absolute atomic E-state index is 0.443. The summed E-state index contributed by atoms with van der Waals surface area (Å²) >= 11 is 0. The number of rotatable bonds is 0. The van der Waals surface area contributed by atoms with Crippen molar-refractivity contribution >= 4 is 11.6 Å². The van der Waals surface area contributed by atoms with E-state index in [1.54, 1.807) is 0 Å². The van der Waals surface area contributed by atoms with Crippen LogP contribution in [0.3, 0.4) is 0 Å². The molecule has 3 aliphatic carbocycles. The Hall–Kier alpha value is -2.34. The van der Waals surface area contributed by atoms with Gasteiger partial charge < -0.3 is 0 Å². The van der Waals surface area contributed by atoms with E-state index in [4.69, 9.17) is 0 Å². The van der Waals surface area contributed by atoms with Crippen molar-refractivity contribution in [1.82, 2.24) is 0 Å². The van der Waals surface area contributed by atoms with Crippen LogP contribution in [0.4, 0.5) is 0 Å². The first-order valence-corrected chi connectivity index (χ1v) is 7.72. The normalized spacial score (nSPS) is 20.4. The Morgan fingerprint density at radius 2 is 1.81 bits per heavy atom. The monoisotopic (exact) mass is 268 g/mol. The molecule has 0 aliphatic heterocycles. The molecule has 0 fully saturated rings. The molecular weight excluding hydrogens is 252 g/mol. The summed E-state index contributed by atoms with van der Waals surface area (Å²) in [5, 5.41) is 0. The molecule has 0 bridgehead atoms. The van der Waals surface area contributed by atoms with Crippen LogP contribution in [0, 0.1) is 0 Å². The van der Waals surface area contributed by atoms with Crippen molar-refractivity contribution < 1.29 is 0 Å². The second-order valence-corrected chi connectivity index (χ2v) is 6.06. The van der Waals surface area contributed by atoms with Gasteiger partial charge in [-0.05, 0) is 51.8 Å². The van der Waals surface area contributed by atoms with Crippen LogP contribution < -0.4 is 0 Å². The van der Waals surface area contributed by atoms with Crippen LogP contribution in [0.2, 0.25) is 0 Å². The van der Waals surface area contributed by atoms with Gasteiger partial charge in [-0.25, -0.2) is 0 Å². The Morgan fingerprint density at radius 3 is 2.81 bits per heavy atom. The molecule has 1 unspecified atom stereocenters. The fraction of sp³-hybridized carbons (Fsp3) is 0.143. The molecule has 0 N–H and O–H groups in total. The van der Waals surface area contributed by atoms with E-state index in [0.29, 0.717) is 5.92 Å². The van der Waals surface area contributed by atoms with Gasteiger partial charge in [-0.15, -0.1) is 0 Å². The molecule has 0 spiro atoms. The van der Waals surface area contributed by atoms with Gasteiger partial charge in [-0.3, -0.25) is 0 Å². The minimum Gasteiger partial charge on any atom is -0.0832 e. The average molecular weight is 268 g/mol. The van der Waals surface area contributed by atoms with Gasteiger partial charge in [0.25, 0.3) is 0 Å². The van der Waals surface area contributed by atoms with Gasteiger partial charge in [0.2, 0.25) is 0 Å². The van der Waals surface area contributed by atoms with E-state index in [-0.39, 0.29) is 0 Å². The Bertz CT molecular complexity index is 846. The van der Waals surface area contributed by atoms with E-state index >= 15 is 0 Å². The molecule has 0 saturated heterocycles. The highest BCUT2D eigenvalue weighted by Crippen LogP contribution is 2.51. The Balaban J connectivity index is 1.95. The molecular formula is C21H16. The zero-order valence-electron chi connectivity index (χ0n) is 11.8. The van der Waals surface area contributed by atoms with E-state index in [1.165, 1.54) is 39.0 Å². The lowest BCUT2D eigenvalue weighted by molar-refractivity contribution is 0.991. The summed E-state index contributed by atoms with van der Waals surface area (Å²) in [6.45, 7) is 0. The second kappa shape index (κ2) is 4.08. The molecule has 2 aromatic rings. The smallest absolute Gasteiger partial charge is 0.0282 e. The summed E-state index contributed by atoms with van der Waals surface area (Å²) in [4.78, 5) is 0. The van der Waals surface area contributed by atoms with E-state index in [1.807, 2.05) is 0 Å². The maximum Gasteiger partial charge on any atom is 0.0282 e. The van der Waals surface area contributed by atoms with Crippen molar-refractivity contribution in [3.05, 3.63) is 83.0 Å². The summed E-state index contributed by atoms with van der Waals surface area (Å²) < 4.78 is 0. The molecule has 0 heteroatoms. The lowest BCUT2D eigenvalue weighted by Gasteiger charge is -2.33. The predicted octanol–water partition coefficient (Wildman–Crippen LogP) is 5.36. The van der Waals surface area contributed by atoms with E-state index in [9.17, 15) is 0 Å². The Labute approximate surface area is 125 Å². The van der Waals surface area contributed by atoms with E-state index in [0.717, 1.165) is 12.8 Å². The molecule has 21 heavy (non-hydrogen) atoms. The van der Waals surface area contributed by atoms with Crippen molar-refractivity contribution in [2.45, 2.75) is 18.8 Å². The van der Waals surface area contributed by atoms with Crippen LogP contribution in [0.1, 0.15) is 34.6 Å². The molecule has 3 aliphatic rings. The molecule has 0 aromatic heterocycles. The van der Waals surface area contributed by atoms with Crippen LogP contribution >= 0.6 is 0 Å². The molecule has 0 saturated carbocycles. The molecule has 0 nitrogen and oxygen atoms in total. The first kappa shape index (κ1) is 11.3. The zero-order chi connectivity index (χ0) is 13.8. The highest BCUT2D eigenvalue weighted by atomic mass is 14.3. The molecule has 0 amide bonds. The Kier molecular flexibility index (Phi) is 2.20. The standard InChI is InChI=1S/C21H16/c1-2-10-16-17-11-4-8-15-9-5-13-19(21(15)17)18-12-3-7-14(6-1)20(16)18/h1,3-7,9-13,17H,2,8H2. The molecule has 2 aromatic carbocycles. The maximum absolute atomic E-state index is 2.42. The van der Waals surface area contributed by atoms with Crippen molar-refractivity contribution in [3.63, 3.8) is 0 Å². The number of fused-ring (bicyclic) bond motifs is 2. The highest BCUT2D eigenvalue weighted by Gasteiger charge is 2.31. The van der Waals surface area contributed by atoms with Crippen molar-refractivity contribution in [3.8, 4) is 11.1 Å².